The molecule has 3 aromatic rings. The summed E-state index contributed by atoms with van der Waals surface area (Å²) < 4.78 is 19.0. The van der Waals surface area contributed by atoms with Crippen LogP contribution in [0.5, 0.6) is 5.75 Å². The van der Waals surface area contributed by atoms with Gasteiger partial charge in [-0.25, -0.2) is 4.39 Å². The number of likely N-dealkylation sites (tertiary alicyclic amines) is 1. The second-order valence-corrected chi connectivity index (χ2v) is 9.00. The Kier molecular flexibility index (Phi) is 7.91. The van der Waals surface area contributed by atoms with Crippen LogP contribution >= 0.6 is 0 Å². The second kappa shape index (κ2) is 11.3. The van der Waals surface area contributed by atoms with Crippen LogP contribution in [0.3, 0.4) is 0 Å². The number of ether oxygens (including phenoxy) is 1. The predicted molar refractivity (Wildman–Crippen MR) is 131 cm³/mol. The van der Waals surface area contributed by atoms with Gasteiger partial charge in [-0.05, 0) is 80.3 Å². The van der Waals surface area contributed by atoms with Crippen molar-refractivity contribution >= 4 is 5.91 Å². The van der Waals surface area contributed by atoms with Crippen molar-refractivity contribution in [1.82, 2.24) is 14.8 Å². The van der Waals surface area contributed by atoms with Gasteiger partial charge >= 0.3 is 0 Å². The van der Waals surface area contributed by atoms with Crippen molar-refractivity contribution in [3.63, 3.8) is 0 Å². The van der Waals surface area contributed by atoms with E-state index >= 15 is 0 Å². The molecule has 0 N–H and O–H groups in total. The first-order valence-electron chi connectivity index (χ1n) is 11.8. The van der Waals surface area contributed by atoms with Crippen molar-refractivity contribution in [2.24, 2.45) is 5.92 Å². The number of rotatable bonds is 8. The van der Waals surface area contributed by atoms with Crippen molar-refractivity contribution in [3.05, 3.63) is 95.6 Å². The SMILES string of the molecule is COc1cccc(CC(C2CCN(C(=O)c3cccc(F)c3)CC2)N(C)Cc2ccccn2)c1. The lowest BCUT2D eigenvalue weighted by molar-refractivity contribution is 0.0601. The summed E-state index contributed by atoms with van der Waals surface area (Å²) in [6.07, 6.45) is 4.53. The molecule has 0 bridgehead atoms. The first-order valence-corrected chi connectivity index (χ1v) is 11.8. The maximum absolute atomic E-state index is 13.6. The standard InChI is InChI=1S/C28H32FN3O2/c1-31(20-25-10-3-4-14-30-25)27(18-21-7-5-11-26(17-21)34-2)22-12-15-32(16-13-22)28(33)23-8-6-9-24(29)19-23/h3-11,14,17,19,22,27H,12-13,15-16,18,20H2,1-2H3. The molecule has 0 spiro atoms. The topological polar surface area (TPSA) is 45.7 Å². The first-order chi connectivity index (χ1) is 16.5. The molecule has 0 saturated carbocycles. The van der Waals surface area contributed by atoms with E-state index in [0.29, 0.717) is 30.6 Å². The van der Waals surface area contributed by atoms with E-state index in [2.05, 4.69) is 35.1 Å². The number of benzene rings is 2. The van der Waals surface area contributed by atoms with Gasteiger partial charge in [-0.2, -0.15) is 0 Å². The number of methoxy groups -OCH3 is 1. The van der Waals surface area contributed by atoms with Gasteiger partial charge in [0.15, 0.2) is 0 Å². The van der Waals surface area contributed by atoms with Crippen LogP contribution in [0.2, 0.25) is 0 Å². The van der Waals surface area contributed by atoms with E-state index in [9.17, 15) is 9.18 Å². The molecule has 0 radical (unpaired) electrons. The largest absolute Gasteiger partial charge is 0.497 e. The summed E-state index contributed by atoms with van der Waals surface area (Å²) in [5.74, 6) is 0.815. The molecule has 5 nitrogen and oxygen atoms in total. The third-order valence-electron chi connectivity index (χ3n) is 6.73. The average Bonchev–Trinajstić information content (AvgIpc) is 2.87. The number of carbonyl (C=O) groups excluding carboxylic acids is 1. The molecule has 2 aromatic carbocycles. The van der Waals surface area contributed by atoms with Crippen LogP contribution in [0.25, 0.3) is 0 Å². The van der Waals surface area contributed by atoms with Crippen molar-refractivity contribution in [2.75, 3.05) is 27.2 Å². The normalized spacial score (nSPS) is 15.4. The van der Waals surface area contributed by atoms with Gasteiger partial charge in [-0.15, -0.1) is 0 Å². The van der Waals surface area contributed by atoms with E-state index in [1.807, 2.05) is 35.4 Å². The maximum Gasteiger partial charge on any atom is 0.253 e. The fraction of sp³-hybridized carbons (Fsp3) is 0.357. The summed E-state index contributed by atoms with van der Waals surface area (Å²) in [5.41, 5.74) is 2.69. The second-order valence-electron chi connectivity index (χ2n) is 9.00. The van der Waals surface area contributed by atoms with Gasteiger partial charge < -0.3 is 9.64 Å². The monoisotopic (exact) mass is 461 g/mol. The Hall–Kier alpha value is -3.25. The minimum Gasteiger partial charge on any atom is -0.497 e. The zero-order chi connectivity index (χ0) is 23.9. The summed E-state index contributed by atoms with van der Waals surface area (Å²) in [6.45, 7) is 2.11. The van der Waals surface area contributed by atoms with Gasteiger partial charge in [-0.3, -0.25) is 14.7 Å². The summed E-state index contributed by atoms with van der Waals surface area (Å²) in [4.78, 5) is 21.6. The van der Waals surface area contributed by atoms with Gasteiger partial charge in [0.2, 0.25) is 0 Å². The molecule has 34 heavy (non-hydrogen) atoms. The Morgan fingerprint density at radius 3 is 2.62 bits per heavy atom. The molecule has 1 saturated heterocycles. The molecule has 1 amide bonds. The number of piperidine rings is 1. The molecule has 1 aliphatic heterocycles. The molecule has 2 heterocycles. The molecule has 1 unspecified atom stereocenters. The van der Waals surface area contributed by atoms with Crippen LogP contribution in [0.1, 0.15) is 34.5 Å². The molecular formula is C28H32FN3O2. The van der Waals surface area contributed by atoms with Crippen LogP contribution < -0.4 is 4.74 Å². The Morgan fingerprint density at radius 1 is 1.12 bits per heavy atom. The Balaban J connectivity index is 1.47. The van der Waals surface area contributed by atoms with Gasteiger partial charge in [0.1, 0.15) is 11.6 Å². The Morgan fingerprint density at radius 2 is 1.91 bits per heavy atom. The highest BCUT2D eigenvalue weighted by Gasteiger charge is 2.31. The molecular weight excluding hydrogens is 429 g/mol. The molecule has 1 fully saturated rings. The van der Waals surface area contributed by atoms with E-state index in [4.69, 9.17) is 4.74 Å². The lowest BCUT2D eigenvalue weighted by atomic mass is 9.84. The van der Waals surface area contributed by atoms with Crippen LogP contribution in [0.4, 0.5) is 4.39 Å². The number of hydrogen-bond acceptors (Lipinski definition) is 4. The third kappa shape index (κ3) is 6.00. The molecule has 0 aliphatic carbocycles. The first kappa shape index (κ1) is 23.9. The maximum atomic E-state index is 13.6. The number of nitrogens with zero attached hydrogens (tertiary/aromatic N) is 3. The number of aromatic nitrogens is 1. The van der Waals surface area contributed by atoms with E-state index in [-0.39, 0.29) is 11.7 Å². The smallest absolute Gasteiger partial charge is 0.253 e. The highest BCUT2D eigenvalue weighted by Crippen LogP contribution is 2.29. The molecule has 1 atom stereocenters. The lowest BCUT2D eigenvalue weighted by Gasteiger charge is -2.40. The summed E-state index contributed by atoms with van der Waals surface area (Å²) in [7, 11) is 3.85. The molecule has 1 aliphatic rings. The lowest BCUT2D eigenvalue weighted by Crippen LogP contribution is -2.46. The van der Waals surface area contributed by atoms with Crippen molar-refractivity contribution in [2.45, 2.75) is 31.8 Å². The van der Waals surface area contributed by atoms with Gasteiger partial charge in [0, 0.05) is 37.4 Å². The van der Waals surface area contributed by atoms with Gasteiger partial charge in [0.25, 0.3) is 5.91 Å². The van der Waals surface area contributed by atoms with Crippen molar-refractivity contribution in [1.29, 1.82) is 0 Å². The highest BCUT2D eigenvalue weighted by atomic mass is 19.1. The molecule has 6 heteroatoms. The predicted octanol–water partition coefficient (Wildman–Crippen LogP) is 4.82. The number of hydrogen-bond donors (Lipinski definition) is 0. The van der Waals surface area contributed by atoms with Crippen LogP contribution in [-0.2, 0) is 13.0 Å². The number of likely N-dealkylation sites (N-methyl/N-ethyl adjacent to an activating group) is 1. The Bertz CT molecular complexity index is 1080. The summed E-state index contributed by atoms with van der Waals surface area (Å²) in [6, 6.07) is 20.5. The number of carbonyl (C=O) groups is 1. The molecule has 178 valence electrons. The third-order valence-corrected chi connectivity index (χ3v) is 6.73. The van der Waals surface area contributed by atoms with Gasteiger partial charge in [0.05, 0.1) is 12.8 Å². The van der Waals surface area contributed by atoms with Crippen molar-refractivity contribution < 1.29 is 13.9 Å². The zero-order valence-corrected chi connectivity index (χ0v) is 19.9. The quantitative estimate of drug-likeness (QED) is 0.482. The minimum atomic E-state index is -0.379. The van der Waals surface area contributed by atoms with Crippen LogP contribution in [0, 0.1) is 11.7 Å². The number of amides is 1. The van der Waals surface area contributed by atoms with Crippen LogP contribution in [0.15, 0.2) is 72.9 Å². The summed E-state index contributed by atoms with van der Waals surface area (Å²) >= 11 is 0. The highest BCUT2D eigenvalue weighted by molar-refractivity contribution is 5.94. The van der Waals surface area contributed by atoms with E-state index in [1.54, 1.807) is 19.2 Å². The fourth-order valence-electron chi connectivity index (χ4n) is 4.88. The fourth-order valence-corrected chi connectivity index (χ4v) is 4.88. The van der Waals surface area contributed by atoms with E-state index in [1.165, 1.54) is 17.7 Å². The molecule has 4 rings (SSSR count). The zero-order valence-electron chi connectivity index (χ0n) is 19.9. The van der Waals surface area contributed by atoms with E-state index < -0.39 is 0 Å². The average molecular weight is 462 g/mol. The molecule has 1 aromatic heterocycles. The van der Waals surface area contributed by atoms with E-state index in [0.717, 1.165) is 37.3 Å². The van der Waals surface area contributed by atoms with Gasteiger partial charge in [-0.1, -0.05) is 24.3 Å². The Labute approximate surface area is 201 Å². The minimum absolute atomic E-state index is 0.0934. The van der Waals surface area contributed by atoms with Crippen LogP contribution in [-0.4, -0.2) is 54.0 Å². The summed E-state index contributed by atoms with van der Waals surface area (Å²) in [5, 5.41) is 0. The number of pyridine rings is 1. The number of halogens is 1. The van der Waals surface area contributed by atoms with Crippen molar-refractivity contribution in [3.8, 4) is 5.75 Å².